The molecule has 1 aliphatic rings. The van der Waals surface area contributed by atoms with Crippen LogP contribution in [-0.4, -0.2) is 37.7 Å². The molecule has 1 atom stereocenters. The molecule has 4 aromatic rings. The lowest BCUT2D eigenvalue weighted by Gasteiger charge is -2.26. The fourth-order valence-corrected chi connectivity index (χ4v) is 4.56. The highest BCUT2D eigenvalue weighted by molar-refractivity contribution is 6.00. The van der Waals surface area contributed by atoms with Crippen molar-refractivity contribution in [3.63, 3.8) is 0 Å². The summed E-state index contributed by atoms with van der Waals surface area (Å²) in [5.41, 5.74) is 4.24. The predicted octanol–water partition coefficient (Wildman–Crippen LogP) is 5.49. The van der Waals surface area contributed by atoms with Crippen LogP contribution in [0.25, 0.3) is 11.3 Å². The number of hydrogen-bond donors (Lipinski definition) is 2. The first-order chi connectivity index (χ1) is 17.2. The third-order valence-corrected chi connectivity index (χ3v) is 6.31. The molecule has 0 fully saturated rings. The number of amides is 1. The van der Waals surface area contributed by atoms with Crippen LogP contribution in [0, 0.1) is 0 Å². The maximum atomic E-state index is 13.5. The lowest BCUT2D eigenvalue weighted by atomic mass is 9.95. The fraction of sp³-hybridized carbons (Fsp3) is 0.250. The summed E-state index contributed by atoms with van der Waals surface area (Å²) in [4.78, 5) is 19.6. The van der Waals surface area contributed by atoms with E-state index in [1.54, 1.807) is 24.5 Å². The molecule has 35 heavy (non-hydrogen) atoms. The van der Waals surface area contributed by atoms with Gasteiger partial charge in [0, 0.05) is 30.1 Å². The Hall–Kier alpha value is -4.13. The average molecular weight is 469 g/mol. The molecule has 0 bridgehead atoms. The normalized spacial score (nSPS) is 14.8. The summed E-state index contributed by atoms with van der Waals surface area (Å²) < 4.78 is 5.89. The van der Waals surface area contributed by atoms with E-state index in [0.717, 1.165) is 41.7 Å². The van der Waals surface area contributed by atoms with Crippen molar-refractivity contribution in [3.8, 4) is 22.8 Å². The predicted molar refractivity (Wildman–Crippen MR) is 133 cm³/mol. The Morgan fingerprint density at radius 1 is 1.06 bits per heavy atom. The van der Waals surface area contributed by atoms with Gasteiger partial charge in [0.1, 0.15) is 22.9 Å². The summed E-state index contributed by atoms with van der Waals surface area (Å²) in [6.45, 7) is 3.25. The van der Waals surface area contributed by atoms with E-state index in [2.05, 4.69) is 22.1 Å². The third-order valence-electron chi connectivity index (χ3n) is 6.31. The summed E-state index contributed by atoms with van der Waals surface area (Å²) in [7, 11) is 0. The van der Waals surface area contributed by atoms with E-state index < -0.39 is 0 Å². The van der Waals surface area contributed by atoms with Crippen molar-refractivity contribution in [1.29, 1.82) is 0 Å². The van der Waals surface area contributed by atoms with E-state index in [4.69, 9.17) is 4.74 Å². The molecule has 2 N–H and O–H groups in total. The molecular weight excluding hydrogens is 440 g/mol. The Morgan fingerprint density at radius 3 is 2.63 bits per heavy atom. The van der Waals surface area contributed by atoms with E-state index in [-0.39, 0.29) is 17.7 Å². The number of pyridine rings is 1. The second-order valence-corrected chi connectivity index (χ2v) is 8.70. The molecule has 5 rings (SSSR count). The van der Waals surface area contributed by atoms with Gasteiger partial charge in [0.15, 0.2) is 0 Å². The Morgan fingerprint density at radius 2 is 1.89 bits per heavy atom. The largest absolute Gasteiger partial charge is 0.507 e. The zero-order valence-corrected chi connectivity index (χ0v) is 19.6. The van der Waals surface area contributed by atoms with Crippen LogP contribution in [0.4, 0.5) is 0 Å². The van der Waals surface area contributed by atoms with Crippen molar-refractivity contribution in [3.05, 3.63) is 95.4 Å². The fourth-order valence-electron chi connectivity index (χ4n) is 4.56. The molecule has 2 aromatic heterocycles. The number of unbranched alkanes of at least 4 members (excludes halogenated alkanes) is 2. The number of phenols is 1. The van der Waals surface area contributed by atoms with Gasteiger partial charge in [0.25, 0.3) is 5.91 Å². The minimum Gasteiger partial charge on any atom is -0.507 e. The molecule has 1 unspecified atom stereocenters. The van der Waals surface area contributed by atoms with E-state index in [9.17, 15) is 9.90 Å². The molecule has 3 heterocycles. The number of hydrogen-bond acceptors (Lipinski definition) is 5. The average Bonchev–Trinajstić information content (AvgIpc) is 3.42. The van der Waals surface area contributed by atoms with Gasteiger partial charge >= 0.3 is 0 Å². The van der Waals surface area contributed by atoms with Crippen molar-refractivity contribution in [1.82, 2.24) is 20.1 Å². The van der Waals surface area contributed by atoms with Gasteiger partial charge in [-0.25, -0.2) is 0 Å². The number of nitrogens with zero attached hydrogens (tertiary/aromatic N) is 3. The number of carbonyl (C=O) groups is 1. The van der Waals surface area contributed by atoms with Crippen molar-refractivity contribution in [2.75, 3.05) is 6.61 Å². The monoisotopic (exact) mass is 468 g/mol. The van der Waals surface area contributed by atoms with Gasteiger partial charge in [0.05, 0.1) is 12.6 Å². The van der Waals surface area contributed by atoms with Crippen molar-refractivity contribution in [2.45, 2.75) is 38.8 Å². The van der Waals surface area contributed by atoms with Gasteiger partial charge in [-0.05, 0) is 47.9 Å². The molecule has 0 radical (unpaired) electrons. The molecule has 0 saturated carbocycles. The van der Waals surface area contributed by atoms with Crippen LogP contribution in [0.2, 0.25) is 0 Å². The van der Waals surface area contributed by atoms with Crippen LogP contribution < -0.4 is 4.74 Å². The van der Waals surface area contributed by atoms with E-state index in [0.29, 0.717) is 30.1 Å². The smallest absolute Gasteiger partial charge is 0.273 e. The molecule has 0 aliphatic carbocycles. The first kappa shape index (κ1) is 22.7. The molecule has 7 nitrogen and oxygen atoms in total. The lowest BCUT2D eigenvalue weighted by Crippen LogP contribution is -2.29. The number of benzene rings is 2. The number of aromatic hydroxyl groups is 1. The van der Waals surface area contributed by atoms with Crippen LogP contribution in [0.1, 0.15) is 59.4 Å². The van der Waals surface area contributed by atoms with E-state index in [1.807, 2.05) is 53.4 Å². The summed E-state index contributed by atoms with van der Waals surface area (Å²) in [6, 6.07) is 18.4. The summed E-state index contributed by atoms with van der Waals surface area (Å²) in [5, 5.41) is 17.9. The van der Waals surface area contributed by atoms with Gasteiger partial charge in [0.2, 0.25) is 0 Å². The van der Waals surface area contributed by atoms with Gasteiger partial charge in [-0.15, -0.1) is 0 Å². The maximum Gasteiger partial charge on any atom is 0.273 e. The van der Waals surface area contributed by atoms with Gasteiger partial charge in [-0.2, -0.15) is 5.10 Å². The standard InChI is InChI=1S/C28H28N4O3/c1-2-3-6-16-35-21-13-11-20(12-14-21)27-24-25(22-9-4-5-10-23(22)33)30-31-26(24)28(34)32(27)18-19-8-7-15-29-17-19/h4-5,7-15,17,27,33H,2-3,6,16,18H2,1H3,(H,30,31). The molecule has 2 aromatic carbocycles. The number of H-pyrrole nitrogens is 1. The Bertz CT molecular complexity index is 1300. The minimum absolute atomic E-state index is 0.120. The summed E-state index contributed by atoms with van der Waals surface area (Å²) >= 11 is 0. The first-order valence-corrected chi connectivity index (χ1v) is 12.0. The van der Waals surface area contributed by atoms with Crippen LogP contribution in [0.5, 0.6) is 11.5 Å². The Labute approximate surface area is 204 Å². The van der Waals surface area contributed by atoms with Crippen LogP contribution >= 0.6 is 0 Å². The number of ether oxygens (including phenoxy) is 1. The number of fused-ring (bicyclic) bond motifs is 1. The SMILES string of the molecule is CCCCCOc1ccc(C2c3c(-c4ccccc4O)n[nH]c3C(=O)N2Cc2cccnc2)cc1. The number of para-hydroxylation sites is 1. The maximum absolute atomic E-state index is 13.5. The third kappa shape index (κ3) is 4.49. The molecule has 0 saturated heterocycles. The summed E-state index contributed by atoms with van der Waals surface area (Å²) in [6.07, 6.45) is 6.80. The second kappa shape index (κ2) is 10.0. The minimum atomic E-state index is -0.375. The highest BCUT2D eigenvalue weighted by atomic mass is 16.5. The highest BCUT2D eigenvalue weighted by Crippen LogP contribution is 2.45. The molecular formula is C28H28N4O3. The first-order valence-electron chi connectivity index (χ1n) is 12.0. The Kier molecular flexibility index (Phi) is 6.48. The van der Waals surface area contributed by atoms with Crippen molar-refractivity contribution >= 4 is 5.91 Å². The number of nitrogens with one attached hydrogen (secondary N) is 1. The molecule has 7 heteroatoms. The van der Waals surface area contributed by atoms with Crippen molar-refractivity contribution in [2.24, 2.45) is 0 Å². The molecule has 1 aliphatic heterocycles. The quantitative estimate of drug-likeness (QED) is 0.317. The number of carbonyl (C=O) groups excluding carboxylic acids is 1. The van der Waals surface area contributed by atoms with E-state index in [1.165, 1.54) is 0 Å². The number of rotatable bonds is 9. The molecule has 1 amide bonds. The van der Waals surface area contributed by atoms with Crippen LogP contribution in [0.15, 0.2) is 73.1 Å². The number of aromatic nitrogens is 3. The molecule has 0 spiro atoms. The zero-order chi connectivity index (χ0) is 24.2. The van der Waals surface area contributed by atoms with Gasteiger partial charge in [-0.1, -0.05) is 50.1 Å². The lowest BCUT2D eigenvalue weighted by molar-refractivity contribution is 0.0730. The second-order valence-electron chi connectivity index (χ2n) is 8.70. The highest BCUT2D eigenvalue weighted by Gasteiger charge is 2.42. The van der Waals surface area contributed by atoms with Crippen LogP contribution in [-0.2, 0) is 6.54 Å². The van der Waals surface area contributed by atoms with Gasteiger partial charge < -0.3 is 14.7 Å². The number of aromatic amines is 1. The summed E-state index contributed by atoms with van der Waals surface area (Å²) in [5.74, 6) is 0.791. The van der Waals surface area contributed by atoms with Crippen molar-refractivity contribution < 1.29 is 14.6 Å². The van der Waals surface area contributed by atoms with Gasteiger partial charge in [-0.3, -0.25) is 14.9 Å². The van der Waals surface area contributed by atoms with E-state index >= 15 is 0 Å². The zero-order valence-electron chi connectivity index (χ0n) is 19.6. The van der Waals surface area contributed by atoms with Crippen LogP contribution in [0.3, 0.4) is 0 Å². The molecule has 178 valence electrons. The Balaban J connectivity index is 1.53. The number of phenolic OH excluding ortho intramolecular Hbond substituents is 1. The topological polar surface area (TPSA) is 91.3 Å².